The molecule has 0 saturated heterocycles. The number of aromatic nitrogens is 1. The fourth-order valence-corrected chi connectivity index (χ4v) is 3.24. The van der Waals surface area contributed by atoms with E-state index in [2.05, 4.69) is 12.2 Å². The molecule has 1 heterocycles. The second-order valence-corrected chi connectivity index (χ2v) is 6.93. The van der Waals surface area contributed by atoms with Gasteiger partial charge in [0.15, 0.2) is 0 Å². The second kappa shape index (κ2) is 8.33. The number of hydrogen-bond donors (Lipinski definition) is 1. The van der Waals surface area contributed by atoms with Crippen molar-refractivity contribution >= 4 is 28.4 Å². The topological polar surface area (TPSA) is 42.0 Å². The lowest BCUT2D eigenvalue weighted by Crippen LogP contribution is -2.24. The number of nitrogens with one attached hydrogen (secondary N) is 1. The van der Waals surface area contributed by atoms with E-state index in [9.17, 15) is 4.79 Å². The van der Waals surface area contributed by atoms with Crippen molar-refractivity contribution in [1.29, 1.82) is 0 Å². The Morgan fingerprint density at radius 3 is 2.69 bits per heavy atom. The summed E-state index contributed by atoms with van der Waals surface area (Å²) < 4.78 is 0. The van der Waals surface area contributed by atoms with Crippen LogP contribution in [0, 0.1) is 6.92 Å². The highest BCUT2D eigenvalue weighted by atomic mass is 35.5. The predicted molar refractivity (Wildman–Crippen MR) is 109 cm³/mol. The fraction of sp³-hybridized carbons (Fsp3) is 0.273. The summed E-state index contributed by atoms with van der Waals surface area (Å²) in [7, 11) is 0. The van der Waals surface area contributed by atoms with E-state index in [1.165, 1.54) is 0 Å². The normalized spacial score (nSPS) is 10.9. The number of hydrogen-bond acceptors (Lipinski definition) is 2. The van der Waals surface area contributed by atoms with Crippen LogP contribution < -0.4 is 5.32 Å². The first-order valence-corrected chi connectivity index (χ1v) is 9.42. The van der Waals surface area contributed by atoms with Crippen molar-refractivity contribution in [2.45, 2.75) is 33.1 Å². The van der Waals surface area contributed by atoms with Gasteiger partial charge in [-0.15, -0.1) is 0 Å². The van der Waals surface area contributed by atoms with Crippen LogP contribution in [0.2, 0.25) is 5.02 Å². The van der Waals surface area contributed by atoms with Gasteiger partial charge in [0.05, 0.1) is 16.8 Å². The fourth-order valence-electron chi connectivity index (χ4n) is 3.01. The standard InChI is InChI=1S/C22H23ClN2O/c1-3-4-7-12-24-22(26)18-14-21(16-8-5-6-9-19(16)23)25-20-11-10-15(2)13-17(18)20/h5-6,8-11,13-14H,3-4,7,12H2,1-2H3,(H,24,26). The second-order valence-electron chi connectivity index (χ2n) is 6.52. The Hall–Kier alpha value is -2.39. The zero-order valence-electron chi connectivity index (χ0n) is 15.2. The summed E-state index contributed by atoms with van der Waals surface area (Å²) in [5, 5.41) is 4.53. The summed E-state index contributed by atoms with van der Waals surface area (Å²) in [6, 6.07) is 15.4. The largest absolute Gasteiger partial charge is 0.352 e. The van der Waals surface area contributed by atoms with Crippen LogP contribution in [0.5, 0.6) is 0 Å². The summed E-state index contributed by atoms with van der Waals surface area (Å²) in [4.78, 5) is 17.6. The van der Waals surface area contributed by atoms with Gasteiger partial charge in [-0.3, -0.25) is 4.79 Å². The number of benzene rings is 2. The molecule has 4 heteroatoms. The van der Waals surface area contributed by atoms with E-state index in [1.54, 1.807) is 0 Å². The van der Waals surface area contributed by atoms with Gasteiger partial charge < -0.3 is 5.32 Å². The van der Waals surface area contributed by atoms with Crippen LogP contribution in [0.3, 0.4) is 0 Å². The van der Waals surface area contributed by atoms with Crippen LogP contribution in [0.15, 0.2) is 48.5 Å². The van der Waals surface area contributed by atoms with Gasteiger partial charge in [0.2, 0.25) is 0 Å². The van der Waals surface area contributed by atoms with Crippen LogP contribution in [0.25, 0.3) is 22.2 Å². The monoisotopic (exact) mass is 366 g/mol. The third-order valence-electron chi connectivity index (χ3n) is 4.42. The predicted octanol–water partition coefficient (Wildman–Crippen LogP) is 5.78. The first-order valence-electron chi connectivity index (χ1n) is 9.04. The van der Waals surface area contributed by atoms with Crippen molar-refractivity contribution < 1.29 is 4.79 Å². The van der Waals surface area contributed by atoms with Gasteiger partial charge in [0.1, 0.15) is 0 Å². The van der Waals surface area contributed by atoms with Gasteiger partial charge in [-0.2, -0.15) is 0 Å². The number of pyridine rings is 1. The number of nitrogens with zero attached hydrogens (tertiary/aromatic N) is 1. The Morgan fingerprint density at radius 1 is 1.12 bits per heavy atom. The minimum absolute atomic E-state index is 0.0626. The molecule has 134 valence electrons. The number of unbranched alkanes of at least 4 members (excludes halogenated alkanes) is 2. The molecule has 3 nitrogen and oxygen atoms in total. The van der Waals surface area contributed by atoms with Crippen LogP contribution >= 0.6 is 11.6 Å². The Labute approximate surface area is 159 Å². The molecule has 0 radical (unpaired) electrons. The van der Waals surface area contributed by atoms with Crippen molar-refractivity contribution in [3.8, 4) is 11.3 Å². The molecular weight excluding hydrogens is 344 g/mol. The van der Waals surface area contributed by atoms with Gasteiger partial charge in [0, 0.05) is 22.5 Å². The molecule has 1 amide bonds. The zero-order valence-corrected chi connectivity index (χ0v) is 15.9. The number of carbonyl (C=O) groups excluding carboxylic acids is 1. The van der Waals surface area contributed by atoms with E-state index in [-0.39, 0.29) is 5.91 Å². The average molecular weight is 367 g/mol. The third-order valence-corrected chi connectivity index (χ3v) is 4.75. The van der Waals surface area contributed by atoms with Gasteiger partial charge in [-0.1, -0.05) is 61.2 Å². The molecule has 1 aromatic heterocycles. The van der Waals surface area contributed by atoms with E-state index in [1.807, 2.05) is 55.5 Å². The van der Waals surface area contributed by atoms with Gasteiger partial charge in [0.25, 0.3) is 5.91 Å². The van der Waals surface area contributed by atoms with Gasteiger partial charge >= 0.3 is 0 Å². The van der Waals surface area contributed by atoms with E-state index < -0.39 is 0 Å². The highest BCUT2D eigenvalue weighted by Gasteiger charge is 2.15. The smallest absolute Gasteiger partial charge is 0.252 e. The first kappa shape index (κ1) is 18.4. The van der Waals surface area contributed by atoms with E-state index in [0.717, 1.165) is 41.3 Å². The quantitative estimate of drug-likeness (QED) is 0.561. The summed E-state index contributed by atoms with van der Waals surface area (Å²) in [6.07, 6.45) is 3.23. The summed E-state index contributed by atoms with van der Waals surface area (Å²) >= 11 is 6.34. The lowest BCUT2D eigenvalue weighted by Gasteiger charge is -2.12. The Morgan fingerprint density at radius 2 is 1.92 bits per heavy atom. The molecule has 0 aliphatic heterocycles. The van der Waals surface area contributed by atoms with Crippen molar-refractivity contribution in [1.82, 2.24) is 10.3 Å². The number of amides is 1. The zero-order chi connectivity index (χ0) is 18.5. The number of aryl methyl sites for hydroxylation is 1. The molecule has 0 fully saturated rings. The van der Waals surface area contributed by atoms with Crippen LogP contribution in [0.4, 0.5) is 0 Å². The molecule has 3 rings (SSSR count). The molecule has 0 aliphatic rings. The molecule has 0 bridgehead atoms. The van der Waals surface area contributed by atoms with E-state index in [0.29, 0.717) is 22.8 Å². The van der Waals surface area contributed by atoms with Crippen molar-refractivity contribution in [2.75, 3.05) is 6.54 Å². The maximum absolute atomic E-state index is 12.8. The van der Waals surface area contributed by atoms with E-state index in [4.69, 9.17) is 16.6 Å². The SMILES string of the molecule is CCCCCNC(=O)c1cc(-c2ccccc2Cl)nc2ccc(C)cc12. The molecule has 2 aromatic carbocycles. The lowest BCUT2D eigenvalue weighted by atomic mass is 10.0. The molecule has 26 heavy (non-hydrogen) atoms. The van der Waals surface area contributed by atoms with Gasteiger partial charge in [-0.25, -0.2) is 4.98 Å². The Kier molecular flexibility index (Phi) is 5.89. The molecule has 0 saturated carbocycles. The molecule has 1 N–H and O–H groups in total. The average Bonchev–Trinajstić information content (AvgIpc) is 2.64. The molecule has 0 spiro atoms. The van der Waals surface area contributed by atoms with E-state index >= 15 is 0 Å². The molecule has 0 unspecified atom stereocenters. The summed E-state index contributed by atoms with van der Waals surface area (Å²) in [5.74, 6) is -0.0626. The lowest BCUT2D eigenvalue weighted by molar-refractivity contribution is 0.0954. The van der Waals surface area contributed by atoms with Crippen LogP contribution in [-0.2, 0) is 0 Å². The van der Waals surface area contributed by atoms with Gasteiger partial charge in [-0.05, 0) is 37.6 Å². The maximum Gasteiger partial charge on any atom is 0.252 e. The summed E-state index contributed by atoms with van der Waals surface area (Å²) in [6.45, 7) is 4.85. The number of rotatable bonds is 6. The minimum Gasteiger partial charge on any atom is -0.352 e. The maximum atomic E-state index is 12.8. The third kappa shape index (κ3) is 4.05. The summed E-state index contributed by atoms with van der Waals surface area (Å²) in [5.41, 5.74) is 4.09. The Balaban J connectivity index is 2.05. The molecule has 0 atom stereocenters. The van der Waals surface area contributed by atoms with Crippen molar-refractivity contribution in [3.05, 3.63) is 64.7 Å². The van der Waals surface area contributed by atoms with Crippen molar-refractivity contribution in [3.63, 3.8) is 0 Å². The van der Waals surface area contributed by atoms with Crippen molar-refractivity contribution in [2.24, 2.45) is 0 Å². The highest BCUT2D eigenvalue weighted by Crippen LogP contribution is 2.30. The molecular formula is C22H23ClN2O. The molecule has 3 aromatic rings. The van der Waals surface area contributed by atoms with Crippen LogP contribution in [0.1, 0.15) is 42.1 Å². The highest BCUT2D eigenvalue weighted by molar-refractivity contribution is 6.33. The Bertz CT molecular complexity index is 937. The number of fused-ring (bicyclic) bond motifs is 1. The first-order chi connectivity index (χ1) is 12.6. The molecule has 0 aliphatic carbocycles. The van der Waals surface area contributed by atoms with Crippen LogP contribution in [-0.4, -0.2) is 17.4 Å². The number of halogens is 1. The minimum atomic E-state index is -0.0626. The number of carbonyl (C=O) groups is 1.